The van der Waals surface area contributed by atoms with Crippen LogP contribution in [-0.4, -0.2) is 42.0 Å². The van der Waals surface area contributed by atoms with Gasteiger partial charge < -0.3 is 11.1 Å². The first-order valence-corrected chi connectivity index (χ1v) is 7.48. The summed E-state index contributed by atoms with van der Waals surface area (Å²) in [6.45, 7) is 4.40. The summed E-state index contributed by atoms with van der Waals surface area (Å²) in [5.74, 6) is 0.224. The lowest BCUT2D eigenvalue weighted by Gasteiger charge is -2.37. The van der Waals surface area contributed by atoms with E-state index in [1.165, 1.54) is 19.3 Å². The highest BCUT2D eigenvalue weighted by Gasteiger charge is 2.28. The van der Waals surface area contributed by atoms with Gasteiger partial charge in [-0.3, -0.25) is 9.69 Å². The van der Waals surface area contributed by atoms with E-state index in [1.54, 1.807) is 0 Å². The van der Waals surface area contributed by atoms with Gasteiger partial charge in [-0.05, 0) is 45.1 Å². The molecule has 1 saturated heterocycles. The van der Waals surface area contributed by atoms with E-state index in [2.05, 4.69) is 17.1 Å². The Labute approximate surface area is 110 Å². The molecule has 0 aromatic rings. The van der Waals surface area contributed by atoms with Crippen molar-refractivity contribution in [2.75, 3.05) is 13.1 Å². The van der Waals surface area contributed by atoms with Crippen molar-refractivity contribution in [2.45, 2.75) is 70.0 Å². The number of carbonyl (C=O) groups excluding carboxylic acids is 1. The zero-order valence-electron chi connectivity index (χ0n) is 11.5. The van der Waals surface area contributed by atoms with E-state index in [0.717, 1.165) is 32.4 Å². The Morgan fingerprint density at radius 1 is 1.28 bits per heavy atom. The molecule has 18 heavy (non-hydrogen) atoms. The standard InChI is InChI=1S/C14H27N3O/c1-2-9-17(10-12-5-8-14(18)16-12)13-6-3-11(15)4-7-13/h11-13H,2-10,15H2,1H3,(H,16,18). The normalized spacial score (nSPS) is 32.8. The number of hydrogen-bond acceptors (Lipinski definition) is 3. The molecule has 1 heterocycles. The van der Waals surface area contributed by atoms with Gasteiger partial charge in [0.15, 0.2) is 0 Å². The van der Waals surface area contributed by atoms with Gasteiger partial charge in [0.1, 0.15) is 0 Å². The average Bonchev–Trinajstić information content (AvgIpc) is 2.75. The molecule has 1 atom stereocenters. The Morgan fingerprint density at radius 3 is 2.56 bits per heavy atom. The summed E-state index contributed by atoms with van der Waals surface area (Å²) >= 11 is 0. The lowest BCUT2D eigenvalue weighted by molar-refractivity contribution is -0.119. The number of carbonyl (C=O) groups is 1. The predicted molar refractivity (Wildman–Crippen MR) is 73.3 cm³/mol. The molecule has 0 bridgehead atoms. The van der Waals surface area contributed by atoms with Crippen LogP contribution in [0.15, 0.2) is 0 Å². The molecule has 1 aliphatic heterocycles. The van der Waals surface area contributed by atoms with Crippen LogP contribution in [0.4, 0.5) is 0 Å². The van der Waals surface area contributed by atoms with Crippen LogP contribution in [0.25, 0.3) is 0 Å². The maximum atomic E-state index is 11.3. The largest absolute Gasteiger partial charge is 0.352 e. The topological polar surface area (TPSA) is 58.4 Å². The van der Waals surface area contributed by atoms with Crippen molar-refractivity contribution in [3.05, 3.63) is 0 Å². The Kier molecular flexibility index (Phi) is 5.01. The van der Waals surface area contributed by atoms with Crippen LogP contribution in [0, 0.1) is 0 Å². The fourth-order valence-corrected chi connectivity index (χ4v) is 3.27. The van der Waals surface area contributed by atoms with Crippen molar-refractivity contribution in [1.29, 1.82) is 0 Å². The van der Waals surface area contributed by atoms with Gasteiger partial charge in [0.2, 0.25) is 5.91 Å². The van der Waals surface area contributed by atoms with Gasteiger partial charge >= 0.3 is 0 Å². The first-order chi connectivity index (χ1) is 8.69. The zero-order valence-corrected chi connectivity index (χ0v) is 11.5. The summed E-state index contributed by atoms with van der Waals surface area (Å²) in [4.78, 5) is 13.9. The fraction of sp³-hybridized carbons (Fsp3) is 0.929. The van der Waals surface area contributed by atoms with E-state index in [4.69, 9.17) is 5.73 Å². The van der Waals surface area contributed by atoms with Gasteiger partial charge in [-0.2, -0.15) is 0 Å². The van der Waals surface area contributed by atoms with Crippen LogP contribution < -0.4 is 11.1 Å². The second kappa shape index (κ2) is 6.53. The maximum absolute atomic E-state index is 11.3. The Morgan fingerprint density at radius 2 is 2.00 bits per heavy atom. The number of hydrogen-bond donors (Lipinski definition) is 2. The predicted octanol–water partition coefficient (Wildman–Crippen LogP) is 1.25. The molecule has 4 heteroatoms. The minimum Gasteiger partial charge on any atom is -0.352 e. The molecule has 1 unspecified atom stereocenters. The quantitative estimate of drug-likeness (QED) is 0.775. The summed E-state index contributed by atoms with van der Waals surface area (Å²) in [6, 6.07) is 1.47. The monoisotopic (exact) mass is 253 g/mol. The SMILES string of the molecule is CCCN(CC1CCC(=O)N1)C1CCC(N)CC1. The van der Waals surface area contributed by atoms with Gasteiger partial charge in [0.25, 0.3) is 0 Å². The molecule has 2 rings (SSSR count). The van der Waals surface area contributed by atoms with Crippen LogP contribution in [0.5, 0.6) is 0 Å². The minimum atomic E-state index is 0.224. The van der Waals surface area contributed by atoms with Crippen LogP contribution >= 0.6 is 0 Å². The van der Waals surface area contributed by atoms with Crippen molar-refractivity contribution in [3.8, 4) is 0 Å². The van der Waals surface area contributed by atoms with Crippen LogP contribution in [-0.2, 0) is 4.79 Å². The Hall–Kier alpha value is -0.610. The number of amides is 1. The van der Waals surface area contributed by atoms with Gasteiger partial charge in [0, 0.05) is 31.1 Å². The number of nitrogens with one attached hydrogen (secondary N) is 1. The highest BCUT2D eigenvalue weighted by atomic mass is 16.1. The molecule has 0 radical (unpaired) electrons. The molecule has 104 valence electrons. The third kappa shape index (κ3) is 3.69. The van der Waals surface area contributed by atoms with E-state index in [-0.39, 0.29) is 5.91 Å². The number of nitrogens with zero attached hydrogens (tertiary/aromatic N) is 1. The van der Waals surface area contributed by atoms with Crippen LogP contribution in [0.2, 0.25) is 0 Å². The molecule has 0 spiro atoms. The molecular formula is C14H27N3O. The first kappa shape index (κ1) is 13.8. The number of rotatable bonds is 5. The minimum absolute atomic E-state index is 0.224. The third-order valence-electron chi connectivity index (χ3n) is 4.31. The molecule has 1 saturated carbocycles. The van der Waals surface area contributed by atoms with Gasteiger partial charge in [-0.1, -0.05) is 6.92 Å². The second-order valence-electron chi connectivity index (χ2n) is 5.87. The van der Waals surface area contributed by atoms with Crippen molar-refractivity contribution >= 4 is 5.91 Å². The molecule has 2 aliphatic rings. The molecule has 1 amide bonds. The van der Waals surface area contributed by atoms with Gasteiger partial charge in [-0.15, -0.1) is 0 Å². The highest BCUT2D eigenvalue weighted by Crippen LogP contribution is 2.23. The fourth-order valence-electron chi connectivity index (χ4n) is 3.27. The van der Waals surface area contributed by atoms with E-state index in [1.807, 2.05) is 0 Å². The summed E-state index contributed by atoms with van der Waals surface area (Å²) in [7, 11) is 0. The molecule has 4 nitrogen and oxygen atoms in total. The van der Waals surface area contributed by atoms with Gasteiger partial charge in [-0.25, -0.2) is 0 Å². The summed E-state index contributed by atoms with van der Waals surface area (Å²) < 4.78 is 0. The van der Waals surface area contributed by atoms with E-state index in [9.17, 15) is 4.79 Å². The van der Waals surface area contributed by atoms with E-state index < -0.39 is 0 Å². The molecule has 3 N–H and O–H groups in total. The average molecular weight is 253 g/mol. The third-order valence-corrected chi connectivity index (χ3v) is 4.31. The van der Waals surface area contributed by atoms with Crippen molar-refractivity contribution in [2.24, 2.45) is 5.73 Å². The summed E-state index contributed by atoms with van der Waals surface area (Å²) in [5.41, 5.74) is 5.98. The smallest absolute Gasteiger partial charge is 0.220 e. The lowest BCUT2D eigenvalue weighted by Crippen LogP contribution is -2.46. The highest BCUT2D eigenvalue weighted by molar-refractivity contribution is 5.78. The molecule has 0 aromatic heterocycles. The molecule has 2 fully saturated rings. The maximum Gasteiger partial charge on any atom is 0.220 e. The Bertz CT molecular complexity index is 274. The Balaban J connectivity index is 1.85. The van der Waals surface area contributed by atoms with Crippen molar-refractivity contribution in [3.63, 3.8) is 0 Å². The lowest BCUT2D eigenvalue weighted by atomic mass is 9.90. The van der Waals surface area contributed by atoms with Crippen molar-refractivity contribution in [1.82, 2.24) is 10.2 Å². The molecular weight excluding hydrogens is 226 g/mol. The van der Waals surface area contributed by atoms with Gasteiger partial charge in [0.05, 0.1) is 0 Å². The van der Waals surface area contributed by atoms with Crippen LogP contribution in [0.1, 0.15) is 51.9 Å². The zero-order chi connectivity index (χ0) is 13.0. The summed E-state index contributed by atoms with van der Waals surface area (Å²) in [5, 5.41) is 3.09. The van der Waals surface area contributed by atoms with Crippen LogP contribution in [0.3, 0.4) is 0 Å². The molecule has 1 aliphatic carbocycles. The van der Waals surface area contributed by atoms with E-state index >= 15 is 0 Å². The van der Waals surface area contributed by atoms with E-state index in [0.29, 0.717) is 24.5 Å². The second-order valence-corrected chi connectivity index (χ2v) is 5.87. The molecule has 0 aromatic carbocycles. The first-order valence-electron chi connectivity index (χ1n) is 7.48. The summed E-state index contributed by atoms with van der Waals surface area (Å²) in [6.07, 6.45) is 7.65. The number of nitrogens with two attached hydrogens (primary N) is 1. The van der Waals surface area contributed by atoms with Crippen molar-refractivity contribution < 1.29 is 4.79 Å².